The molecule has 0 unspecified atom stereocenters. The van der Waals surface area contributed by atoms with E-state index in [9.17, 15) is 4.79 Å². The van der Waals surface area contributed by atoms with E-state index in [1.807, 2.05) is 36.4 Å². The Morgan fingerprint density at radius 1 is 1.15 bits per heavy atom. The third-order valence-corrected chi connectivity index (χ3v) is 2.50. The highest BCUT2D eigenvalue weighted by atomic mass is 79.9. The second-order valence-corrected chi connectivity index (χ2v) is 3.75. The topological polar surface area (TPSA) is 17.1 Å². The minimum atomic E-state index is 0.741. The average molecular weight is 235 g/mol. The molecule has 0 heterocycles. The van der Waals surface area contributed by atoms with E-state index in [-0.39, 0.29) is 0 Å². The van der Waals surface area contributed by atoms with Crippen molar-refractivity contribution in [3.63, 3.8) is 0 Å². The van der Waals surface area contributed by atoms with Crippen LogP contribution in [0.1, 0.15) is 10.4 Å². The number of halogens is 1. The highest BCUT2D eigenvalue weighted by molar-refractivity contribution is 9.10. The molecule has 0 aliphatic rings. The Morgan fingerprint density at radius 3 is 2.77 bits per heavy atom. The first kappa shape index (κ1) is 8.45. The van der Waals surface area contributed by atoms with Gasteiger partial charge in [0, 0.05) is 10.0 Å². The maximum atomic E-state index is 10.7. The molecule has 0 fully saturated rings. The van der Waals surface area contributed by atoms with Crippen LogP contribution < -0.4 is 0 Å². The van der Waals surface area contributed by atoms with Crippen molar-refractivity contribution in [2.24, 2.45) is 0 Å². The van der Waals surface area contributed by atoms with Gasteiger partial charge >= 0.3 is 0 Å². The minimum absolute atomic E-state index is 0.741. The lowest BCUT2D eigenvalue weighted by Crippen LogP contribution is -1.82. The van der Waals surface area contributed by atoms with Crippen molar-refractivity contribution in [1.82, 2.24) is 0 Å². The molecule has 0 aromatic heterocycles. The zero-order valence-corrected chi connectivity index (χ0v) is 8.41. The molecule has 0 N–H and O–H groups in total. The van der Waals surface area contributed by atoms with Crippen molar-refractivity contribution in [1.29, 1.82) is 0 Å². The fourth-order valence-electron chi connectivity index (χ4n) is 1.38. The van der Waals surface area contributed by atoms with Crippen molar-refractivity contribution in [3.05, 3.63) is 46.4 Å². The fourth-order valence-corrected chi connectivity index (χ4v) is 1.76. The lowest BCUT2D eigenvalue weighted by atomic mass is 10.1. The van der Waals surface area contributed by atoms with E-state index in [1.165, 1.54) is 0 Å². The van der Waals surface area contributed by atoms with Crippen LogP contribution in [0.4, 0.5) is 0 Å². The Labute approximate surface area is 84.5 Å². The summed E-state index contributed by atoms with van der Waals surface area (Å²) in [5.74, 6) is 0. The largest absolute Gasteiger partial charge is 0.298 e. The van der Waals surface area contributed by atoms with Crippen LogP contribution in [-0.2, 0) is 0 Å². The summed E-state index contributed by atoms with van der Waals surface area (Å²) in [5, 5.41) is 2.08. The number of fused-ring (bicyclic) bond motifs is 1. The standard InChI is InChI=1S/C11H7BrO/c12-10-4-5-11-8(6-10)2-1-3-9(11)7-13/h1-7H. The number of carbonyl (C=O) groups is 1. The predicted molar refractivity (Wildman–Crippen MR) is 57.0 cm³/mol. The number of aldehydes is 1. The molecule has 0 aliphatic heterocycles. The number of rotatable bonds is 1. The van der Waals surface area contributed by atoms with E-state index in [4.69, 9.17) is 0 Å². The Kier molecular flexibility index (Phi) is 2.15. The zero-order valence-electron chi connectivity index (χ0n) is 6.83. The van der Waals surface area contributed by atoms with Gasteiger partial charge in [-0.3, -0.25) is 4.79 Å². The van der Waals surface area contributed by atoms with Gasteiger partial charge in [0.2, 0.25) is 0 Å². The molecule has 0 aliphatic carbocycles. The normalized spacial score (nSPS) is 10.2. The van der Waals surface area contributed by atoms with Crippen LogP contribution in [0, 0.1) is 0 Å². The zero-order chi connectivity index (χ0) is 9.26. The van der Waals surface area contributed by atoms with Crippen LogP contribution in [0.2, 0.25) is 0 Å². The van der Waals surface area contributed by atoms with Crippen molar-refractivity contribution in [3.8, 4) is 0 Å². The molecule has 13 heavy (non-hydrogen) atoms. The maximum Gasteiger partial charge on any atom is 0.150 e. The molecule has 0 spiro atoms. The lowest BCUT2D eigenvalue weighted by Gasteiger charge is -2.00. The van der Waals surface area contributed by atoms with Gasteiger partial charge in [0.05, 0.1) is 0 Å². The molecule has 0 radical (unpaired) electrons. The van der Waals surface area contributed by atoms with E-state index in [1.54, 1.807) is 0 Å². The third-order valence-electron chi connectivity index (χ3n) is 2.00. The van der Waals surface area contributed by atoms with Crippen molar-refractivity contribution >= 4 is 33.0 Å². The van der Waals surface area contributed by atoms with Gasteiger partial charge in [0.1, 0.15) is 0 Å². The second kappa shape index (κ2) is 3.30. The molecule has 0 saturated carbocycles. The molecular weight excluding hydrogens is 228 g/mol. The minimum Gasteiger partial charge on any atom is -0.298 e. The number of hydrogen-bond donors (Lipinski definition) is 0. The van der Waals surface area contributed by atoms with E-state index >= 15 is 0 Å². The molecule has 2 rings (SSSR count). The molecule has 2 heteroatoms. The van der Waals surface area contributed by atoms with Crippen molar-refractivity contribution in [2.75, 3.05) is 0 Å². The van der Waals surface area contributed by atoms with E-state index in [0.717, 1.165) is 27.1 Å². The molecule has 2 aromatic rings. The summed E-state index contributed by atoms with van der Waals surface area (Å²) < 4.78 is 1.03. The smallest absolute Gasteiger partial charge is 0.150 e. The van der Waals surface area contributed by atoms with Gasteiger partial charge in [-0.05, 0) is 22.9 Å². The molecule has 0 amide bonds. The van der Waals surface area contributed by atoms with Crippen LogP contribution in [0.3, 0.4) is 0 Å². The molecule has 0 bridgehead atoms. The number of carbonyl (C=O) groups excluding carboxylic acids is 1. The van der Waals surface area contributed by atoms with Crippen LogP contribution in [0.15, 0.2) is 40.9 Å². The first-order chi connectivity index (χ1) is 6.31. The average Bonchev–Trinajstić information content (AvgIpc) is 2.16. The third kappa shape index (κ3) is 1.49. The van der Waals surface area contributed by atoms with E-state index in [0.29, 0.717) is 0 Å². The van der Waals surface area contributed by atoms with Gasteiger partial charge in [-0.15, -0.1) is 0 Å². The van der Waals surface area contributed by atoms with Gasteiger partial charge in [-0.25, -0.2) is 0 Å². The van der Waals surface area contributed by atoms with Crippen LogP contribution in [-0.4, -0.2) is 6.29 Å². The van der Waals surface area contributed by atoms with Gasteiger partial charge in [0.15, 0.2) is 6.29 Å². The summed E-state index contributed by atoms with van der Waals surface area (Å²) in [6.45, 7) is 0. The Morgan fingerprint density at radius 2 is 2.00 bits per heavy atom. The summed E-state index contributed by atoms with van der Waals surface area (Å²) in [4.78, 5) is 10.7. The quantitative estimate of drug-likeness (QED) is 0.692. The monoisotopic (exact) mass is 234 g/mol. The first-order valence-corrected chi connectivity index (χ1v) is 4.74. The van der Waals surface area contributed by atoms with Gasteiger partial charge in [-0.1, -0.05) is 40.2 Å². The highest BCUT2D eigenvalue weighted by Gasteiger charge is 1.98. The molecule has 0 atom stereocenters. The Bertz CT molecular complexity index is 463. The predicted octanol–water partition coefficient (Wildman–Crippen LogP) is 3.41. The molecule has 1 nitrogen and oxygen atoms in total. The summed E-state index contributed by atoms with van der Waals surface area (Å²) in [7, 11) is 0. The highest BCUT2D eigenvalue weighted by Crippen LogP contribution is 2.21. The van der Waals surface area contributed by atoms with Crippen molar-refractivity contribution < 1.29 is 4.79 Å². The lowest BCUT2D eigenvalue weighted by molar-refractivity contribution is 0.112. The molecular formula is C11H7BrO. The Balaban J connectivity index is 2.84. The van der Waals surface area contributed by atoms with Gasteiger partial charge in [0.25, 0.3) is 0 Å². The van der Waals surface area contributed by atoms with Gasteiger partial charge in [-0.2, -0.15) is 0 Å². The summed E-state index contributed by atoms with van der Waals surface area (Å²) in [5.41, 5.74) is 0.741. The second-order valence-electron chi connectivity index (χ2n) is 2.83. The van der Waals surface area contributed by atoms with Crippen LogP contribution in [0.25, 0.3) is 10.8 Å². The first-order valence-electron chi connectivity index (χ1n) is 3.95. The van der Waals surface area contributed by atoms with Crippen LogP contribution >= 0.6 is 15.9 Å². The molecule has 64 valence electrons. The van der Waals surface area contributed by atoms with E-state index < -0.39 is 0 Å². The maximum absolute atomic E-state index is 10.7. The summed E-state index contributed by atoms with van der Waals surface area (Å²) >= 11 is 3.39. The van der Waals surface area contributed by atoms with Crippen LogP contribution in [0.5, 0.6) is 0 Å². The summed E-state index contributed by atoms with van der Waals surface area (Å²) in [6.07, 6.45) is 0.885. The molecule has 2 aromatic carbocycles. The SMILES string of the molecule is O=Cc1cccc2cc(Br)ccc12. The number of benzene rings is 2. The van der Waals surface area contributed by atoms with Gasteiger partial charge < -0.3 is 0 Å². The number of hydrogen-bond acceptors (Lipinski definition) is 1. The van der Waals surface area contributed by atoms with Crippen molar-refractivity contribution in [2.45, 2.75) is 0 Å². The van der Waals surface area contributed by atoms with E-state index in [2.05, 4.69) is 15.9 Å². The Hall–Kier alpha value is -1.15. The fraction of sp³-hybridized carbons (Fsp3) is 0. The molecule has 0 saturated heterocycles. The summed E-state index contributed by atoms with van der Waals surface area (Å²) in [6, 6.07) is 11.6.